The highest BCUT2D eigenvalue weighted by atomic mass is 16.1. The van der Waals surface area contributed by atoms with Gasteiger partial charge in [-0.1, -0.05) is 55.0 Å². The number of likely N-dealkylation sites (tertiary alicyclic amines) is 1. The normalized spacial score (nSPS) is 17.1. The topological polar surface area (TPSA) is 45.2 Å². The molecule has 0 bridgehead atoms. The van der Waals surface area contributed by atoms with Crippen LogP contribution < -0.4 is 5.32 Å². The van der Waals surface area contributed by atoms with Crippen LogP contribution >= 0.6 is 0 Å². The first-order chi connectivity index (χ1) is 15.0. The van der Waals surface area contributed by atoms with Crippen molar-refractivity contribution in [2.45, 2.75) is 40.0 Å². The summed E-state index contributed by atoms with van der Waals surface area (Å²) in [5, 5.41) is 4.05. The molecular weight excluding hydrogens is 382 g/mol. The van der Waals surface area contributed by atoms with E-state index in [1.165, 1.54) is 31.5 Å². The number of piperidine rings is 1. The van der Waals surface area contributed by atoms with E-state index in [-0.39, 0.29) is 5.91 Å². The third kappa shape index (κ3) is 5.13. The van der Waals surface area contributed by atoms with Crippen LogP contribution in [0.1, 0.15) is 47.8 Å². The van der Waals surface area contributed by atoms with Gasteiger partial charge in [0.2, 0.25) is 0 Å². The lowest BCUT2D eigenvalue weighted by atomic mass is 9.98. The zero-order valence-corrected chi connectivity index (χ0v) is 18.9. The summed E-state index contributed by atoms with van der Waals surface area (Å²) in [7, 11) is 0. The van der Waals surface area contributed by atoms with Crippen molar-refractivity contribution in [2.75, 3.05) is 26.2 Å². The van der Waals surface area contributed by atoms with Crippen molar-refractivity contribution >= 4 is 16.8 Å². The standard InChI is InChI=1S/C27H33N3O/c1-19-10-12-22(13-11-19)23-8-4-9-24-25(17-21(3)29-26(23)24)27(31)28-14-6-16-30-15-5-7-20(2)18-30/h4,8-13,17,20H,5-7,14-16,18H2,1-3H3,(H,28,31)/t20-/m0/s1. The number of benzene rings is 2. The largest absolute Gasteiger partial charge is 0.352 e. The molecule has 0 aliphatic carbocycles. The van der Waals surface area contributed by atoms with Crippen LogP contribution in [0.2, 0.25) is 0 Å². The maximum Gasteiger partial charge on any atom is 0.252 e. The smallest absolute Gasteiger partial charge is 0.252 e. The van der Waals surface area contributed by atoms with Gasteiger partial charge in [0.05, 0.1) is 11.1 Å². The van der Waals surface area contributed by atoms with Crippen LogP contribution in [0.4, 0.5) is 0 Å². The van der Waals surface area contributed by atoms with Gasteiger partial charge in [-0.2, -0.15) is 0 Å². The first-order valence-corrected chi connectivity index (χ1v) is 11.5. The summed E-state index contributed by atoms with van der Waals surface area (Å²) in [5.41, 5.74) is 5.87. The molecule has 1 aromatic heterocycles. The first-order valence-electron chi connectivity index (χ1n) is 11.5. The van der Waals surface area contributed by atoms with Gasteiger partial charge < -0.3 is 10.2 Å². The molecule has 1 aliphatic heterocycles. The number of hydrogen-bond acceptors (Lipinski definition) is 3. The number of aryl methyl sites for hydroxylation is 2. The van der Waals surface area contributed by atoms with Gasteiger partial charge in [0, 0.05) is 29.7 Å². The lowest BCUT2D eigenvalue weighted by molar-refractivity contribution is 0.0951. The highest BCUT2D eigenvalue weighted by molar-refractivity contribution is 6.09. The fraction of sp³-hybridized carbons (Fsp3) is 0.407. The number of carbonyl (C=O) groups is 1. The molecule has 31 heavy (non-hydrogen) atoms. The van der Waals surface area contributed by atoms with Crippen LogP contribution in [-0.4, -0.2) is 42.0 Å². The Labute approximate surface area is 185 Å². The molecule has 1 atom stereocenters. The monoisotopic (exact) mass is 415 g/mol. The van der Waals surface area contributed by atoms with Crippen molar-refractivity contribution in [2.24, 2.45) is 5.92 Å². The van der Waals surface area contributed by atoms with Crippen molar-refractivity contribution in [3.8, 4) is 11.1 Å². The number of fused-ring (bicyclic) bond motifs is 1. The van der Waals surface area contributed by atoms with Crippen LogP contribution in [0.5, 0.6) is 0 Å². The predicted octanol–water partition coefficient (Wildman–Crippen LogP) is 5.37. The summed E-state index contributed by atoms with van der Waals surface area (Å²) in [6.45, 7) is 10.5. The van der Waals surface area contributed by atoms with Crippen molar-refractivity contribution in [1.82, 2.24) is 15.2 Å². The van der Waals surface area contributed by atoms with Gasteiger partial charge in [-0.15, -0.1) is 0 Å². The molecule has 162 valence electrons. The number of carbonyl (C=O) groups excluding carboxylic acids is 1. The Kier molecular flexibility index (Phi) is 6.67. The van der Waals surface area contributed by atoms with E-state index in [0.717, 1.165) is 46.6 Å². The van der Waals surface area contributed by atoms with E-state index in [1.54, 1.807) is 0 Å². The maximum atomic E-state index is 13.1. The molecule has 4 heteroatoms. The SMILES string of the molecule is Cc1ccc(-c2cccc3c(C(=O)NCCCN4CCC[C@H](C)C4)cc(C)nc23)cc1. The van der Waals surface area contributed by atoms with E-state index >= 15 is 0 Å². The quantitative estimate of drug-likeness (QED) is 0.551. The maximum absolute atomic E-state index is 13.1. The first kappa shape index (κ1) is 21.5. The van der Waals surface area contributed by atoms with Crippen molar-refractivity contribution in [3.63, 3.8) is 0 Å². The van der Waals surface area contributed by atoms with Crippen molar-refractivity contribution in [3.05, 3.63) is 65.4 Å². The molecule has 0 saturated carbocycles. The molecule has 1 saturated heterocycles. The summed E-state index contributed by atoms with van der Waals surface area (Å²) >= 11 is 0. The fourth-order valence-electron chi connectivity index (χ4n) is 4.62. The molecule has 1 N–H and O–H groups in total. The Morgan fingerprint density at radius 1 is 1.16 bits per heavy atom. The highest BCUT2D eigenvalue weighted by Crippen LogP contribution is 2.30. The zero-order valence-electron chi connectivity index (χ0n) is 18.9. The number of pyridine rings is 1. The van der Waals surface area contributed by atoms with Gasteiger partial charge in [-0.05, 0) is 63.7 Å². The minimum atomic E-state index is -0.0106. The Bertz CT molecular complexity index is 1060. The zero-order chi connectivity index (χ0) is 21.8. The summed E-state index contributed by atoms with van der Waals surface area (Å²) < 4.78 is 0. The predicted molar refractivity (Wildman–Crippen MR) is 128 cm³/mol. The summed E-state index contributed by atoms with van der Waals surface area (Å²) in [4.78, 5) is 20.4. The number of nitrogens with zero attached hydrogens (tertiary/aromatic N) is 2. The van der Waals surface area contributed by atoms with Crippen molar-refractivity contribution in [1.29, 1.82) is 0 Å². The van der Waals surface area contributed by atoms with Crippen LogP contribution in [-0.2, 0) is 0 Å². The van der Waals surface area contributed by atoms with E-state index in [4.69, 9.17) is 4.98 Å². The van der Waals surface area contributed by atoms with Gasteiger partial charge in [-0.25, -0.2) is 0 Å². The lowest BCUT2D eigenvalue weighted by Gasteiger charge is -2.30. The van der Waals surface area contributed by atoms with Gasteiger partial charge >= 0.3 is 0 Å². The third-order valence-corrected chi connectivity index (χ3v) is 6.25. The number of aromatic nitrogens is 1. The van der Waals surface area contributed by atoms with E-state index in [2.05, 4.69) is 54.4 Å². The third-order valence-electron chi connectivity index (χ3n) is 6.25. The minimum Gasteiger partial charge on any atom is -0.352 e. The molecule has 2 aromatic carbocycles. The Hall–Kier alpha value is -2.72. The number of amides is 1. The van der Waals surface area contributed by atoms with E-state index in [0.29, 0.717) is 12.1 Å². The second-order valence-corrected chi connectivity index (χ2v) is 9.04. The fourth-order valence-corrected chi connectivity index (χ4v) is 4.62. The van der Waals surface area contributed by atoms with E-state index in [1.807, 2.05) is 25.1 Å². The average molecular weight is 416 g/mol. The number of rotatable bonds is 6. The highest BCUT2D eigenvalue weighted by Gasteiger charge is 2.17. The van der Waals surface area contributed by atoms with Crippen LogP contribution in [0.25, 0.3) is 22.0 Å². The summed E-state index contributed by atoms with van der Waals surface area (Å²) in [6.07, 6.45) is 3.61. The molecule has 1 fully saturated rings. The van der Waals surface area contributed by atoms with Gasteiger partial charge in [-0.3, -0.25) is 9.78 Å². The van der Waals surface area contributed by atoms with Crippen LogP contribution in [0, 0.1) is 19.8 Å². The molecule has 1 amide bonds. The van der Waals surface area contributed by atoms with Crippen LogP contribution in [0.3, 0.4) is 0 Å². The van der Waals surface area contributed by atoms with Crippen LogP contribution in [0.15, 0.2) is 48.5 Å². The molecule has 4 nitrogen and oxygen atoms in total. The second-order valence-electron chi connectivity index (χ2n) is 9.04. The number of para-hydroxylation sites is 1. The Morgan fingerprint density at radius 3 is 2.74 bits per heavy atom. The summed E-state index contributed by atoms with van der Waals surface area (Å²) in [6, 6.07) is 16.5. The molecule has 1 aliphatic rings. The minimum absolute atomic E-state index is 0.0106. The van der Waals surface area contributed by atoms with E-state index < -0.39 is 0 Å². The molecule has 3 aromatic rings. The molecule has 0 radical (unpaired) electrons. The number of nitrogens with one attached hydrogen (secondary N) is 1. The van der Waals surface area contributed by atoms with Gasteiger partial charge in [0.1, 0.15) is 0 Å². The van der Waals surface area contributed by atoms with E-state index in [9.17, 15) is 4.79 Å². The molecule has 0 spiro atoms. The van der Waals surface area contributed by atoms with Gasteiger partial charge in [0.15, 0.2) is 0 Å². The molecular formula is C27H33N3O. The number of hydrogen-bond donors (Lipinski definition) is 1. The average Bonchev–Trinajstić information content (AvgIpc) is 2.76. The summed E-state index contributed by atoms with van der Waals surface area (Å²) in [5.74, 6) is 0.779. The van der Waals surface area contributed by atoms with Gasteiger partial charge in [0.25, 0.3) is 5.91 Å². The second kappa shape index (κ2) is 9.61. The Morgan fingerprint density at radius 2 is 1.97 bits per heavy atom. The lowest BCUT2D eigenvalue weighted by Crippen LogP contribution is -2.36. The Balaban J connectivity index is 1.50. The van der Waals surface area contributed by atoms with Crippen molar-refractivity contribution < 1.29 is 4.79 Å². The molecule has 2 heterocycles. The molecule has 4 rings (SSSR count). The molecule has 0 unspecified atom stereocenters.